The maximum Gasteiger partial charge on any atom is 0.335 e. The third kappa shape index (κ3) is 9.94. The second kappa shape index (κ2) is 22.6. The zero-order valence-electron chi connectivity index (χ0n) is 46.4. The lowest BCUT2D eigenvalue weighted by atomic mass is 9.33. The molecule has 0 amide bonds. The predicted molar refractivity (Wildman–Crippen MR) is 269 cm³/mol. The predicted octanol–water partition coefficient (Wildman–Crippen LogP) is -1.32. The monoisotopic (exact) mass is 1130 g/mol. The van der Waals surface area contributed by atoms with Crippen LogP contribution in [0.25, 0.3) is 0 Å². The summed E-state index contributed by atoms with van der Waals surface area (Å²) < 4.78 is 48.3. The molecule has 0 aromatic carbocycles. The first kappa shape index (κ1) is 62.2. The minimum absolute atomic E-state index is 0.100. The van der Waals surface area contributed by atoms with Crippen molar-refractivity contribution in [3.05, 3.63) is 23.3 Å². The summed E-state index contributed by atoms with van der Waals surface area (Å²) in [4.78, 5) is 39.6. The van der Waals surface area contributed by atoms with Crippen molar-refractivity contribution >= 4 is 17.9 Å². The van der Waals surface area contributed by atoms with Gasteiger partial charge in [0.15, 0.2) is 25.0 Å². The van der Waals surface area contributed by atoms with E-state index in [4.69, 9.17) is 37.9 Å². The van der Waals surface area contributed by atoms with Crippen molar-refractivity contribution in [1.29, 1.82) is 0 Å². The molecule has 8 rings (SSSR count). The molecule has 3 saturated heterocycles. The van der Waals surface area contributed by atoms with E-state index in [1.165, 1.54) is 6.92 Å². The average molecular weight is 1130 g/mol. The minimum atomic E-state index is -2.18. The first-order valence-corrected chi connectivity index (χ1v) is 27.7. The smallest absolute Gasteiger partial charge is 0.335 e. The number of esters is 2. The van der Waals surface area contributed by atoms with Crippen molar-refractivity contribution in [1.82, 2.24) is 0 Å². The molecule has 79 heavy (non-hydrogen) atoms. The van der Waals surface area contributed by atoms with Crippen LogP contribution in [-0.2, 0) is 52.3 Å². The number of fused-ring (bicyclic) bond motifs is 7. The number of rotatable bonds is 14. The second-order valence-electron chi connectivity index (χ2n) is 25.5. The molecule has 0 aromatic heterocycles. The van der Waals surface area contributed by atoms with E-state index >= 15 is 0 Å². The van der Waals surface area contributed by atoms with Crippen LogP contribution in [0, 0.1) is 50.2 Å². The standard InChI is InChI=1S/C55H86O24/c1-10-23(2)46(71)75-32-18-54(9)25(26-17-50(4,5)44(72-24(3)60)43(68)55(26,32)22-59)11-12-30-51(6)15-14-31(52(7,21-58)29(51)13-16-53(30,54)8)76-49-41(78-48-38(66)36(64)34(62)28(20-57)74-48)39(67)40(42(79-49)45(69)70)77-47-37(65)35(63)33(61)27(19-56)73-47/h10-11,26-44,47-49,56-59,61-68H,12-22H2,1-9H3,(H,69,70)/b23-10-/t26-,27-,28-,29+,30+,31+,32-,33+,34-,35+,36+,37-,38-,39+,40-,41-,42-,43-,44-,47-,48-,49-,51+,52+,53-,54+,55+/m1/s1. The van der Waals surface area contributed by atoms with Gasteiger partial charge in [0, 0.05) is 23.3 Å². The van der Waals surface area contributed by atoms with Crippen molar-refractivity contribution in [2.45, 2.75) is 224 Å². The van der Waals surface area contributed by atoms with E-state index in [2.05, 4.69) is 26.8 Å². The molecule has 450 valence electrons. The molecule has 7 fully saturated rings. The van der Waals surface area contributed by atoms with Gasteiger partial charge in [0.05, 0.1) is 37.9 Å². The first-order chi connectivity index (χ1) is 36.9. The zero-order valence-corrected chi connectivity index (χ0v) is 46.4. The second-order valence-corrected chi connectivity index (χ2v) is 25.5. The van der Waals surface area contributed by atoms with Crippen LogP contribution >= 0.6 is 0 Å². The van der Waals surface area contributed by atoms with Gasteiger partial charge in [-0.05, 0) is 92.8 Å². The number of carbonyl (C=O) groups excluding carboxylic acids is 2. The Balaban J connectivity index is 1.14. The summed E-state index contributed by atoms with van der Waals surface area (Å²) in [5, 5.41) is 143. The number of aliphatic carboxylic acids is 1. The molecule has 24 heteroatoms. The molecule has 27 atom stereocenters. The molecule has 0 aromatic rings. The van der Waals surface area contributed by atoms with Crippen LogP contribution < -0.4 is 0 Å². The molecule has 8 aliphatic rings. The van der Waals surface area contributed by atoms with Crippen molar-refractivity contribution < 1.29 is 119 Å². The fraction of sp³-hybridized carbons (Fsp3) is 0.873. The van der Waals surface area contributed by atoms with E-state index in [-0.39, 0.29) is 24.7 Å². The third-order valence-corrected chi connectivity index (χ3v) is 21.1. The molecule has 13 N–H and O–H groups in total. The highest BCUT2D eigenvalue weighted by atomic mass is 16.8. The van der Waals surface area contributed by atoms with Gasteiger partial charge in [0.25, 0.3) is 0 Å². The quantitative estimate of drug-likeness (QED) is 0.0415. The normalized spacial score (nSPS) is 50.6. The topological polar surface area (TPSA) is 388 Å². The SMILES string of the molecule is C/C=C(/C)C(=O)O[C@@H]1C[C@@]2(C)C(=CC[C@H]3[C@@]4(C)CC[C@H](O[C@@H]5O[C@@H](C(=O)O)[C@H](O[C@H]6O[C@H](CO)[C@H](O)[C@H](O)[C@H]6O)[C@H](O)[C@H]5O[C@H]5O[C@H](CO)[C@@H](O)[C@H](O)[C@H]5O)[C@@](C)(CO)[C@H]4CC[C@]32C)[C@H]2CC(C)(C)[C@H](OC(C)=O)[C@@H](O)[C@@]21CO. The number of carbonyl (C=O) groups is 3. The van der Waals surface area contributed by atoms with Crippen LogP contribution in [0.5, 0.6) is 0 Å². The third-order valence-electron chi connectivity index (χ3n) is 21.1. The summed E-state index contributed by atoms with van der Waals surface area (Å²) in [5.41, 5.74) is -3.85. The van der Waals surface area contributed by atoms with Gasteiger partial charge in [-0.1, -0.05) is 59.3 Å². The Labute approximate surface area is 459 Å². The average Bonchev–Trinajstić information content (AvgIpc) is 3.24. The number of aliphatic hydroxyl groups is 12. The largest absolute Gasteiger partial charge is 0.479 e. The van der Waals surface area contributed by atoms with Gasteiger partial charge in [0.2, 0.25) is 0 Å². The first-order valence-electron chi connectivity index (χ1n) is 27.7. The molecule has 0 bridgehead atoms. The van der Waals surface area contributed by atoms with Crippen LogP contribution in [0.1, 0.15) is 107 Å². The molecule has 0 radical (unpaired) electrons. The number of carboxylic acid groups (broad SMARTS) is 1. The summed E-state index contributed by atoms with van der Waals surface area (Å²) in [5.74, 6) is -3.87. The Morgan fingerprint density at radius 3 is 1.76 bits per heavy atom. The fourth-order valence-corrected chi connectivity index (χ4v) is 16.2. The van der Waals surface area contributed by atoms with E-state index in [0.717, 1.165) is 5.57 Å². The van der Waals surface area contributed by atoms with Crippen LogP contribution in [0.15, 0.2) is 23.3 Å². The van der Waals surface area contributed by atoms with E-state index in [1.54, 1.807) is 19.9 Å². The maximum absolute atomic E-state index is 13.9. The van der Waals surface area contributed by atoms with Crippen molar-refractivity contribution in [2.24, 2.45) is 50.2 Å². The summed E-state index contributed by atoms with van der Waals surface area (Å²) in [7, 11) is 0. The number of carboxylic acids is 1. The molecular formula is C55H86O24. The molecule has 24 nitrogen and oxygen atoms in total. The number of ether oxygens (including phenoxy) is 8. The number of hydrogen-bond donors (Lipinski definition) is 13. The molecule has 5 aliphatic carbocycles. The lowest BCUT2D eigenvalue weighted by Crippen LogP contribution is -2.72. The van der Waals surface area contributed by atoms with Gasteiger partial charge < -0.3 is 104 Å². The Bertz CT molecular complexity index is 2290. The highest BCUT2D eigenvalue weighted by Gasteiger charge is 2.74. The van der Waals surface area contributed by atoms with Crippen molar-refractivity contribution in [3.63, 3.8) is 0 Å². The van der Waals surface area contributed by atoms with Gasteiger partial charge in [0.1, 0.15) is 85.5 Å². The Morgan fingerprint density at radius 2 is 1.24 bits per heavy atom. The number of hydrogen-bond acceptors (Lipinski definition) is 23. The van der Waals surface area contributed by atoms with Gasteiger partial charge in [-0.3, -0.25) is 4.79 Å². The van der Waals surface area contributed by atoms with E-state index in [1.807, 2.05) is 20.8 Å². The lowest BCUT2D eigenvalue weighted by molar-refractivity contribution is -0.392. The minimum Gasteiger partial charge on any atom is -0.479 e. The Kier molecular flexibility index (Phi) is 17.8. The van der Waals surface area contributed by atoms with E-state index in [9.17, 15) is 80.8 Å². The Morgan fingerprint density at radius 1 is 0.658 bits per heavy atom. The van der Waals surface area contributed by atoms with Crippen LogP contribution in [0.2, 0.25) is 0 Å². The molecule has 0 unspecified atom stereocenters. The molecular weight excluding hydrogens is 1040 g/mol. The van der Waals surface area contributed by atoms with Crippen LogP contribution in [0.3, 0.4) is 0 Å². The van der Waals surface area contributed by atoms with Gasteiger partial charge >= 0.3 is 17.9 Å². The molecule has 0 spiro atoms. The van der Waals surface area contributed by atoms with Gasteiger partial charge in [-0.25, -0.2) is 9.59 Å². The summed E-state index contributed by atoms with van der Waals surface area (Å²) in [6.07, 6.45) is -26.6. The molecule has 3 aliphatic heterocycles. The lowest BCUT2D eigenvalue weighted by Gasteiger charge is -2.72. The van der Waals surface area contributed by atoms with Crippen molar-refractivity contribution in [2.75, 3.05) is 26.4 Å². The zero-order chi connectivity index (χ0) is 58.4. The summed E-state index contributed by atoms with van der Waals surface area (Å²) >= 11 is 0. The van der Waals surface area contributed by atoms with Gasteiger partial charge in [-0.2, -0.15) is 0 Å². The molecule has 4 saturated carbocycles. The summed E-state index contributed by atoms with van der Waals surface area (Å²) in [6, 6.07) is 0. The van der Waals surface area contributed by atoms with Crippen molar-refractivity contribution in [3.8, 4) is 0 Å². The number of aliphatic hydroxyl groups excluding tert-OH is 12. The molecule has 3 heterocycles. The van der Waals surface area contributed by atoms with E-state index in [0.29, 0.717) is 37.7 Å². The van der Waals surface area contributed by atoms with Gasteiger partial charge in [-0.15, -0.1) is 0 Å². The maximum atomic E-state index is 13.9. The highest BCUT2D eigenvalue weighted by molar-refractivity contribution is 5.87. The fourth-order valence-electron chi connectivity index (χ4n) is 16.2. The van der Waals surface area contributed by atoms with Crippen LogP contribution in [-0.4, -0.2) is 227 Å². The van der Waals surface area contributed by atoms with E-state index < -0.39 is 199 Å². The summed E-state index contributed by atoms with van der Waals surface area (Å²) in [6.45, 7) is 14.1. The number of allylic oxidation sites excluding steroid dienone is 3. The Hall–Kier alpha value is -2.83. The highest BCUT2D eigenvalue weighted by Crippen LogP contribution is 2.76. The van der Waals surface area contributed by atoms with Crippen LogP contribution in [0.4, 0.5) is 0 Å².